The second-order valence-corrected chi connectivity index (χ2v) is 9.44. The number of pyridine rings is 1. The lowest BCUT2D eigenvalue weighted by Crippen LogP contribution is -2.15. The molecule has 0 aliphatic carbocycles. The van der Waals surface area contributed by atoms with Gasteiger partial charge in [0, 0.05) is 53.2 Å². The number of ether oxygens (including phenoxy) is 1. The number of amides is 2. The summed E-state index contributed by atoms with van der Waals surface area (Å²) in [5.74, 6) is 1.54. The molecule has 210 valence electrons. The number of methoxy groups -OCH3 is 1. The number of hydrogen-bond donors (Lipinski definition) is 4. The fraction of sp³-hybridized carbons (Fsp3) is 0.226. The zero-order valence-electron chi connectivity index (χ0n) is 23.4. The van der Waals surface area contributed by atoms with E-state index in [0.717, 1.165) is 27.9 Å². The van der Waals surface area contributed by atoms with Crippen LogP contribution in [0.25, 0.3) is 11.0 Å². The van der Waals surface area contributed by atoms with Crippen LogP contribution in [-0.4, -0.2) is 40.9 Å². The summed E-state index contributed by atoms with van der Waals surface area (Å²) in [7, 11) is 1.53. The van der Waals surface area contributed by atoms with E-state index in [1.54, 1.807) is 36.9 Å². The Hall–Kier alpha value is -4.37. The number of rotatable bonds is 10. The molecule has 4 N–H and O–H groups in total. The molecule has 40 heavy (non-hydrogen) atoms. The van der Waals surface area contributed by atoms with Crippen LogP contribution in [-0.2, 0) is 10.5 Å². The van der Waals surface area contributed by atoms with Gasteiger partial charge in [-0.1, -0.05) is 38.6 Å². The Morgan fingerprint density at radius 3 is 2.50 bits per heavy atom. The van der Waals surface area contributed by atoms with Gasteiger partial charge in [0.05, 0.1) is 12.8 Å². The number of aromatic amines is 1. The van der Waals surface area contributed by atoms with Gasteiger partial charge in [-0.3, -0.25) is 9.59 Å². The maximum Gasteiger partial charge on any atom is 0.255 e. The first-order valence-electron chi connectivity index (χ1n) is 12.9. The number of para-hydroxylation sites is 1. The van der Waals surface area contributed by atoms with Crippen molar-refractivity contribution in [3.8, 4) is 5.75 Å². The Balaban J connectivity index is 0.000000722. The molecule has 4 rings (SSSR count). The molecule has 2 aromatic heterocycles. The highest BCUT2D eigenvalue weighted by Crippen LogP contribution is 2.26. The lowest BCUT2D eigenvalue weighted by Gasteiger charge is -2.12. The number of nitrogens with zero attached hydrogens (tertiary/aromatic N) is 1. The Morgan fingerprint density at radius 1 is 1.10 bits per heavy atom. The first-order chi connectivity index (χ1) is 19.4. The highest BCUT2D eigenvalue weighted by atomic mass is 32.2. The van der Waals surface area contributed by atoms with Crippen molar-refractivity contribution < 1.29 is 14.3 Å². The standard InChI is InChI=1S/C25H24N4O3S.C4H7N.C2H6/c1-32-22-8-7-19(25(31)28-20-5-3-2-4-6-20)14-21(22)29-23(30)10-12-33-16-17-13-18-9-11-26-24(18)27-15-17;1-4(2)3-5;1-2/h2-9,11,13-15H,10,12,16H2,1H3,(H,26,27)(H,28,31)(H,29,30);3,5H,1H2,2H3;1-2H3. The van der Waals surface area contributed by atoms with E-state index in [-0.39, 0.29) is 11.8 Å². The quantitative estimate of drug-likeness (QED) is 0.120. The first-order valence-corrected chi connectivity index (χ1v) is 14.0. The molecule has 0 radical (unpaired) electrons. The summed E-state index contributed by atoms with van der Waals surface area (Å²) in [5, 5.41) is 13.2. The van der Waals surface area contributed by atoms with Crippen LogP contribution in [0.1, 0.15) is 43.1 Å². The van der Waals surface area contributed by atoms with Gasteiger partial charge in [-0.05, 0) is 60.5 Å². The minimum absolute atomic E-state index is 0.138. The van der Waals surface area contributed by atoms with Crippen molar-refractivity contribution in [1.82, 2.24) is 9.97 Å². The molecule has 8 nitrogen and oxygen atoms in total. The topological polar surface area (TPSA) is 120 Å². The zero-order valence-corrected chi connectivity index (χ0v) is 24.2. The number of H-pyrrole nitrogens is 1. The zero-order chi connectivity index (χ0) is 29.3. The van der Waals surface area contributed by atoms with Crippen LogP contribution in [0, 0.1) is 5.41 Å². The highest BCUT2D eigenvalue weighted by molar-refractivity contribution is 7.98. The van der Waals surface area contributed by atoms with Crippen molar-refractivity contribution in [2.45, 2.75) is 32.9 Å². The van der Waals surface area contributed by atoms with Gasteiger partial charge in [-0.2, -0.15) is 11.8 Å². The molecular weight excluding hydrogens is 522 g/mol. The molecule has 0 atom stereocenters. The number of anilines is 2. The molecule has 0 saturated carbocycles. The van der Waals surface area contributed by atoms with Gasteiger partial charge in [0.1, 0.15) is 11.4 Å². The van der Waals surface area contributed by atoms with Crippen LogP contribution < -0.4 is 15.4 Å². The van der Waals surface area contributed by atoms with Crippen molar-refractivity contribution in [3.05, 3.63) is 96.3 Å². The smallest absolute Gasteiger partial charge is 0.255 e. The molecular formula is C31H37N5O3S. The number of nitrogens with one attached hydrogen (secondary N) is 4. The van der Waals surface area contributed by atoms with Gasteiger partial charge in [-0.15, -0.1) is 0 Å². The fourth-order valence-corrected chi connectivity index (χ4v) is 4.17. The first kappa shape index (κ1) is 31.8. The molecule has 2 aromatic carbocycles. The maximum atomic E-state index is 12.6. The normalized spacial score (nSPS) is 9.80. The van der Waals surface area contributed by atoms with E-state index in [1.165, 1.54) is 13.3 Å². The van der Waals surface area contributed by atoms with E-state index >= 15 is 0 Å². The second-order valence-electron chi connectivity index (χ2n) is 8.34. The number of allylic oxidation sites excluding steroid dienone is 1. The van der Waals surface area contributed by atoms with Gasteiger partial charge in [0.15, 0.2) is 0 Å². The number of carbonyl (C=O) groups is 2. The number of hydrogen-bond acceptors (Lipinski definition) is 6. The van der Waals surface area contributed by atoms with Crippen molar-refractivity contribution in [2.75, 3.05) is 23.5 Å². The second kappa shape index (κ2) is 17.3. The third kappa shape index (κ3) is 10.4. The lowest BCUT2D eigenvalue weighted by atomic mass is 10.1. The summed E-state index contributed by atoms with van der Waals surface area (Å²) in [6.07, 6.45) is 5.28. The average molecular weight is 560 g/mol. The molecule has 4 aromatic rings. The molecule has 0 saturated heterocycles. The van der Waals surface area contributed by atoms with E-state index in [0.29, 0.717) is 34.9 Å². The third-order valence-corrected chi connectivity index (χ3v) is 6.24. The van der Waals surface area contributed by atoms with Gasteiger partial charge >= 0.3 is 0 Å². The minimum Gasteiger partial charge on any atom is -0.495 e. The summed E-state index contributed by atoms with van der Waals surface area (Å²) < 4.78 is 5.35. The maximum absolute atomic E-state index is 12.6. The van der Waals surface area contributed by atoms with E-state index in [1.807, 2.05) is 62.6 Å². The molecule has 0 aliphatic rings. The largest absolute Gasteiger partial charge is 0.495 e. The number of thioether (sulfide) groups is 1. The number of benzene rings is 2. The van der Waals surface area contributed by atoms with Gasteiger partial charge in [-0.25, -0.2) is 4.98 Å². The predicted octanol–water partition coefficient (Wildman–Crippen LogP) is 7.32. The van der Waals surface area contributed by atoms with E-state index in [2.05, 4.69) is 33.2 Å². The molecule has 0 unspecified atom stereocenters. The Bertz CT molecular complexity index is 1400. The number of aromatic nitrogens is 2. The molecule has 0 bridgehead atoms. The molecule has 9 heteroatoms. The number of fused-ring (bicyclic) bond motifs is 1. The summed E-state index contributed by atoms with van der Waals surface area (Å²) >= 11 is 1.67. The van der Waals surface area contributed by atoms with Crippen molar-refractivity contribution in [1.29, 1.82) is 5.41 Å². The SMILES string of the molecule is C=C(C)C=N.CC.COc1ccc(C(=O)Nc2ccccc2)cc1NC(=O)CCSCc1cnc2[nH]ccc2c1. The van der Waals surface area contributed by atoms with Crippen LogP contribution >= 0.6 is 11.8 Å². The molecule has 0 fully saturated rings. The monoisotopic (exact) mass is 559 g/mol. The fourth-order valence-electron chi connectivity index (χ4n) is 3.30. The van der Waals surface area contributed by atoms with Crippen molar-refractivity contribution in [3.63, 3.8) is 0 Å². The number of carbonyl (C=O) groups excluding carboxylic acids is 2. The highest BCUT2D eigenvalue weighted by Gasteiger charge is 2.13. The van der Waals surface area contributed by atoms with Gasteiger partial charge in [0.2, 0.25) is 5.91 Å². The summed E-state index contributed by atoms with van der Waals surface area (Å²) in [6.45, 7) is 9.22. The predicted molar refractivity (Wildman–Crippen MR) is 168 cm³/mol. The van der Waals surface area contributed by atoms with Crippen LogP contribution in [0.4, 0.5) is 11.4 Å². The lowest BCUT2D eigenvalue weighted by molar-refractivity contribution is -0.115. The van der Waals surface area contributed by atoms with Gasteiger partial charge < -0.3 is 25.8 Å². The summed E-state index contributed by atoms with van der Waals surface area (Å²) in [6, 6.07) is 18.3. The van der Waals surface area contributed by atoms with Crippen LogP contribution in [0.3, 0.4) is 0 Å². The molecule has 0 aliphatic heterocycles. The molecule has 0 spiro atoms. The Kier molecular flexibility index (Phi) is 13.7. The van der Waals surface area contributed by atoms with Crippen molar-refractivity contribution >= 4 is 52.2 Å². The minimum atomic E-state index is -0.261. The summed E-state index contributed by atoms with van der Waals surface area (Å²) in [5.41, 5.74) is 4.38. The third-order valence-electron chi connectivity index (χ3n) is 5.21. The van der Waals surface area contributed by atoms with Crippen LogP contribution in [0.5, 0.6) is 5.75 Å². The Labute approximate surface area is 240 Å². The van der Waals surface area contributed by atoms with Crippen LogP contribution in [0.15, 0.2) is 85.2 Å². The van der Waals surface area contributed by atoms with E-state index in [9.17, 15) is 9.59 Å². The molecule has 2 heterocycles. The van der Waals surface area contributed by atoms with E-state index in [4.69, 9.17) is 10.1 Å². The summed E-state index contributed by atoms with van der Waals surface area (Å²) in [4.78, 5) is 32.6. The van der Waals surface area contributed by atoms with Gasteiger partial charge in [0.25, 0.3) is 5.91 Å². The average Bonchev–Trinajstić information content (AvgIpc) is 3.45. The van der Waals surface area contributed by atoms with E-state index < -0.39 is 0 Å². The van der Waals surface area contributed by atoms with Crippen LogP contribution in [0.2, 0.25) is 0 Å². The molecule has 2 amide bonds. The van der Waals surface area contributed by atoms with Crippen molar-refractivity contribution in [2.24, 2.45) is 0 Å². The Morgan fingerprint density at radius 2 is 1.82 bits per heavy atom.